The third-order valence-corrected chi connectivity index (χ3v) is 6.39. The number of nitrogens with two attached hydrogens (primary N) is 1. The summed E-state index contributed by atoms with van der Waals surface area (Å²) in [6, 6.07) is 2.00. The zero-order valence-corrected chi connectivity index (χ0v) is 16.5. The lowest BCUT2D eigenvalue weighted by molar-refractivity contribution is 0.0925. The third kappa shape index (κ3) is 3.43. The number of aromatic amines is 1. The SMILES string of the molecule is N[C@H]1CCCC[C@@H]1NC(=O)c1cc(-c2cnn3cc(-c4cn[nH]c4)cnc23)cs1. The van der Waals surface area contributed by atoms with Crippen LogP contribution in [0.4, 0.5) is 0 Å². The number of nitrogens with one attached hydrogen (secondary N) is 2. The predicted molar refractivity (Wildman–Crippen MR) is 112 cm³/mol. The van der Waals surface area contributed by atoms with E-state index in [1.165, 1.54) is 11.3 Å². The van der Waals surface area contributed by atoms with Crippen LogP contribution >= 0.6 is 11.3 Å². The van der Waals surface area contributed by atoms with Gasteiger partial charge in [-0.2, -0.15) is 10.2 Å². The molecule has 5 rings (SSSR count). The largest absolute Gasteiger partial charge is 0.347 e. The van der Waals surface area contributed by atoms with Gasteiger partial charge >= 0.3 is 0 Å². The second-order valence-corrected chi connectivity index (χ2v) is 8.30. The Bertz CT molecular complexity index is 1150. The fourth-order valence-corrected chi connectivity index (χ4v) is 4.62. The number of carbonyl (C=O) groups excluding carboxylic acids is 1. The molecule has 9 heteroatoms. The molecule has 1 aliphatic rings. The summed E-state index contributed by atoms with van der Waals surface area (Å²) in [4.78, 5) is 17.9. The number of rotatable bonds is 4. The molecule has 0 saturated heterocycles. The van der Waals surface area contributed by atoms with Gasteiger partial charge in [0.15, 0.2) is 5.65 Å². The Hall–Kier alpha value is -3.04. The molecule has 0 radical (unpaired) electrons. The van der Waals surface area contributed by atoms with Crippen LogP contribution in [0.15, 0.2) is 42.4 Å². The first-order valence-electron chi connectivity index (χ1n) is 9.67. The average Bonchev–Trinajstić information content (AvgIpc) is 3.49. The van der Waals surface area contributed by atoms with Gasteiger partial charge in [-0.1, -0.05) is 12.8 Å². The van der Waals surface area contributed by atoms with Crippen LogP contribution in [0.5, 0.6) is 0 Å². The molecule has 4 aromatic rings. The van der Waals surface area contributed by atoms with E-state index in [0.29, 0.717) is 4.88 Å². The van der Waals surface area contributed by atoms with Crippen LogP contribution in [0.25, 0.3) is 27.9 Å². The molecule has 29 heavy (non-hydrogen) atoms. The van der Waals surface area contributed by atoms with Gasteiger partial charge in [-0.25, -0.2) is 9.50 Å². The molecule has 0 aromatic carbocycles. The van der Waals surface area contributed by atoms with E-state index in [0.717, 1.165) is 53.6 Å². The predicted octanol–water partition coefficient (Wildman–Crippen LogP) is 2.85. The zero-order chi connectivity index (χ0) is 19.8. The van der Waals surface area contributed by atoms with Crippen molar-refractivity contribution in [2.24, 2.45) is 5.73 Å². The van der Waals surface area contributed by atoms with Gasteiger partial charge < -0.3 is 11.1 Å². The monoisotopic (exact) mass is 407 g/mol. The van der Waals surface area contributed by atoms with Crippen LogP contribution in [0.2, 0.25) is 0 Å². The minimum Gasteiger partial charge on any atom is -0.347 e. The standard InChI is InChI=1S/C20H21N7OS/c21-16-3-1-2-4-17(16)26-20(28)18-5-12(11-29-18)15-9-25-27-10-14(6-22-19(15)27)13-7-23-24-8-13/h5-11,16-17H,1-4,21H2,(H,23,24)(H,26,28)/t16-,17-/m0/s1. The summed E-state index contributed by atoms with van der Waals surface area (Å²) in [7, 11) is 0. The molecule has 8 nitrogen and oxygen atoms in total. The molecule has 1 fully saturated rings. The molecule has 4 heterocycles. The molecule has 0 aliphatic heterocycles. The summed E-state index contributed by atoms with van der Waals surface area (Å²) >= 11 is 1.43. The van der Waals surface area contributed by atoms with E-state index in [1.807, 2.05) is 23.8 Å². The summed E-state index contributed by atoms with van der Waals surface area (Å²) in [6.07, 6.45) is 13.2. The Morgan fingerprint density at radius 3 is 2.93 bits per heavy atom. The van der Waals surface area contributed by atoms with Crippen LogP contribution in [0.3, 0.4) is 0 Å². The highest BCUT2D eigenvalue weighted by Gasteiger charge is 2.24. The quantitative estimate of drug-likeness (QED) is 0.481. The van der Waals surface area contributed by atoms with Crippen molar-refractivity contribution in [2.45, 2.75) is 37.8 Å². The number of aromatic nitrogens is 5. The van der Waals surface area contributed by atoms with E-state index < -0.39 is 0 Å². The van der Waals surface area contributed by atoms with E-state index >= 15 is 0 Å². The Balaban J connectivity index is 1.38. The zero-order valence-electron chi connectivity index (χ0n) is 15.7. The summed E-state index contributed by atoms with van der Waals surface area (Å²) < 4.78 is 1.75. The molecule has 1 amide bonds. The highest BCUT2D eigenvalue weighted by Crippen LogP contribution is 2.29. The number of nitrogens with zero attached hydrogens (tertiary/aromatic N) is 4. The maximum atomic E-state index is 12.7. The summed E-state index contributed by atoms with van der Waals surface area (Å²) in [5.74, 6) is -0.0599. The Labute approximate surface area is 171 Å². The smallest absolute Gasteiger partial charge is 0.261 e. The molecule has 0 bridgehead atoms. The molecule has 4 aromatic heterocycles. The van der Waals surface area contributed by atoms with E-state index in [4.69, 9.17) is 5.73 Å². The fraction of sp³-hybridized carbons (Fsp3) is 0.300. The van der Waals surface area contributed by atoms with Gasteiger partial charge in [0.05, 0.1) is 17.3 Å². The Kier molecular flexibility index (Phi) is 4.61. The van der Waals surface area contributed by atoms with Crippen molar-refractivity contribution in [2.75, 3.05) is 0 Å². The number of hydrogen-bond donors (Lipinski definition) is 3. The second kappa shape index (κ2) is 7.41. The molecule has 4 N–H and O–H groups in total. The third-order valence-electron chi connectivity index (χ3n) is 5.46. The number of thiophene rings is 1. The van der Waals surface area contributed by atoms with E-state index in [2.05, 4.69) is 25.6 Å². The Morgan fingerprint density at radius 1 is 1.21 bits per heavy atom. The van der Waals surface area contributed by atoms with Gasteiger partial charge in [0, 0.05) is 47.4 Å². The van der Waals surface area contributed by atoms with Gasteiger partial charge in [-0.05, 0) is 29.9 Å². The van der Waals surface area contributed by atoms with Crippen molar-refractivity contribution >= 4 is 22.9 Å². The molecular formula is C20H21N7OS. The van der Waals surface area contributed by atoms with Crippen molar-refractivity contribution in [3.63, 3.8) is 0 Å². The lowest BCUT2D eigenvalue weighted by Crippen LogP contribution is -2.49. The first-order valence-corrected chi connectivity index (χ1v) is 10.5. The van der Waals surface area contributed by atoms with Crippen molar-refractivity contribution in [3.05, 3.63) is 47.3 Å². The van der Waals surface area contributed by atoms with Crippen LogP contribution < -0.4 is 11.1 Å². The first-order chi connectivity index (χ1) is 14.2. The lowest BCUT2D eigenvalue weighted by Gasteiger charge is -2.29. The highest BCUT2D eigenvalue weighted by molar-refractivity contribution is 7.12. The highest BCUT2D eigenvalue weighted by atomic mass is 32.1. The Morgan fingerprint density at radius 2 is 2.10 bits per heavy atom. The van der Waals surface area contributed by atoms with E-state index in [-0.39, 0.29) is 18.0 Å². The average molecular weight is 408 g/mol. The maximum absolute atomic E-state index is 12.7. The molecule has 1 aliphatic carbocycles. The van der Waals surface area contributed by atoms with E-state index in [9.17, 15) is 4.79 Å². The van der Waals surface area contributed by atoms with Crippen LogP contribution in [-0.2, 0) is 0 Å². The normalized spacial score (nSPS) is 19.5. The van der Waals surface area contributed by atoms with Crippen LogP contribution in [-0.4, -0.2) is 42.8 Å². The topological polar surface area (TPSA) is 114 Å². The summed E-state index contributed by atoms with van der Waals surface area (Å²) in [6.45, 7) is 0. The number of hydrogen-bond acceptors (Lipinski definition) is 6. The molecule has 0 spiro atoms. The minimum atomic E-state index is -0.0599. The van der Waals surface area contributed by atoms with Crippen molar-refractivity contribution in [3.8, 4) is 22.3 Å². The molecule has 0 unspecified atom stereocenters. The van der Waals surface area contributed by atoms with Crippen molar-refractivity contribution in [1.82, 2.24) is 30.1 Å². The van der Waals surface area contributed by atoms with Gasteiger partial charge in [-0.3, -0.25) is 9.89 Å². The summed E-state index contributed by atoms with van der Waals surface area (Å²) in [5.41, 5.74) is 10.6. The van der Waals surface area contributed by atoms with Crippen LogP contribution in [0, 0.1) is 0 Å². The minimum absolute atomic E-state index is 0.0420. The molecule has 1 saturated carbocycles. The number of amides is 1. The van der Waals surface area contributed by atoms with Crippen molar-refractivity contribution < 1.29 is 4.79 Å². The fourth-order valence-electron chi connectivity index (χ4n) is 3.81. The molecule has 148 valence electrons. The van der Waals surface area contributed by atoms with Crippen molar-refractivity contribution in [1.29, 1.82) is 0 Å². The van der Waals surface area contributed by atoms with Gasteiger partial charge in [-0.15, -0.1) is 11.3 Å². The first kappa shape index (κ1) is 18.0. The van der Waals surface area contributed by atoms with Gasteiger partial charge in [0.25, 0.3) is 5.91 Å². The van der Waals surface area contributed by atoms with Gasteiger partial charge in [0.2, 0.25) is 0 Å². The number of fused-ring (bicyclic) bond motifs is 1. The lowest BCUT2D eigenvalue weighted by atomic mass is 9.91. The van der Waals surface area contributed by atoms with E-state index in [1.54, 1.807) is 23.1 Å². The maximum Gasteiger partial charge on any atom is 0.261 e. The van der Waals surface area contributed by atoms with Gasteiger partial charge in [0.1, 0.15) is 0 Å². The van der Waals surface area contributed by atoms with Crippen LogP contribution in [0.1, 0.15) is 35.4 Å². The second-order valence-electron chi connectivity index (χ2n) is 7.38. The summed E-state index contributed by atoms with van der Waals surface area (Å²) in [5, 5.41) is 16.3. The molecular weight excluding hydrogens is 386 g/mol. The molecule has 2 atom stereocenters. The number of carbonyl (C=O) groups is 1. The number of H-pyrrole nitrogens is 1.